The molecule has 544 valence electrons. The number of H-pyrrole nitrogens is 2. The number of nitrogens with zero attached hydrogens (tertiary/aromatic N) is 7. The molecule has 6 aromatic carbocycles. The van der Waals surface area contributed by atoms with Crippen molar-refractivity contribution < 1.29 is 47.7 Å². The van der Waals surface area contributed by atoms with E-state index in [1.165, 1.54) is 56.6 Å². The molecule has 16 rings (SSSR count). The molecular formula is C84H93N11O10. The minimum atomic E-state index is -0.694. The van der Waals surface area contributed by atoms with E-state index in [1.807, 2.05) is 75.6 Å². The summed E-state index contributed by atoms with van der Waals surface area (Å²) in [6.07, 6.45) is 14.0. The van der Waals surface area contributed by atoms with Crippen molar-refractivity contribution in [1.29, 1.82) is 0 Å². The van der Waals surface area contributed by atoms with Crippen molar-refractivity contribution in [2.24, 2.45) is 21.8 Å². The van der Waals surface area contributed by atoms with Crippen molar-refractivity contribution in [3.8, 4) is 78.5 Å². The predicted molar refractivity (Wildman–Crippen MR) is 404 cm³/mol. The second-order valence-electron chi connectivity index (χ2n) is 30.8. The number of aliphatic imine (C=N–C) groups is 2. The van der Waals surface area contributed by atoms with Crippen LogP contribution in [-0.4, -0.2) is 140 Å². The van der Waals surface area contributed by atoms with Gasteiger partial charge >= 0.3 is 18.3 Å². The summed E-state index contributed by atoms with van der Waals surface area (Å²) in [5.74, 6) is 3.70. The van der Waals surface area contributed by atoms with Crippen LogP contribution in [0.5, 0.6) is 11.5 Å². The molecule has 7 aliphatic heterocycles. The number of rotatable bonds is 14. The molecule has 8 aliphatic rings. The van der Waals surface area contributed by atoms with E-state index in [-0.39, 0.29) is 47.9 Å². The lowest BCUT2D eigenvalue weighted by Gasteiger charge is -2.30. The number of aromatic nitrogens is 4. The van der Waals surface area contributed by atoms with E-state index in [2.05, 4.69) is 130 Å². The number of imidazole rings is 2. The third kappa shape index (κ3) is 14.3. The van der Waals surface area contributed by atoms with E-state index >= 15 is 0 Å². The van der Waals surface area contributed by atoms with Crippen molar-refractivity contribution in [3.05, 3.63) is 155 Å². The Morgan fingerprint density at radius 3 is 1.38 bits per heavy atom. The minimum absolute atomic E-state index is 0.00366. The SMILES string of the molecule is CC(C)(C)OC(=O)N1CCC[C@H]1C1=Nc2ccc(-c3ccc4c(c3)OCc3cc(-c5cnc(C6CCCC6)[nH]5)ccc3-4)cc2C1.COC(=O)N[C@H](C(=O)N1CCC[C@H]1C1=Nc2ccc(-c3ccc4c(c3)OCc3cc(-c5cnc([C@@H]6CCCN6C(=O)[C@@H](NC(=O)OC)C(C)C)[nH]5)ccc3-4)cc2C1)C(C)C. The largest absolute Gasteiger partial charge is 0.488 e. The number of benzene rings is 6. The molecule has 1 saturated carbocycles. The monoisotopic (exact) mass is 1420 g/mol. The van der Waals surface area contributed by atoms with Gasteiger partial charge in [-0.25, -0.2) is 24.4 Å². The highest BCUT2D eigenvalue weighted by atomic mass is 16.6. The lowest BCUT2D eigenvalue weighted by Crippen LogP contribution is -2.53. The average molecular weight is 1420 g/mol. The van der Waals surface area contributed by atoms with E-state index in [1.54, 1.807) is 0 Å². The summed E-state index contributed by atoms with van der Waals surface area (Å²) in [5, 5.41) is 5.44. The summed E-state index contributed by atoms with van der Waals surface area (Å²) in [6.45, 7) is 16.3. The summed E-state index contributed by atoms with van der Waals surface area (Å²) < 4.78 is 28.0. The molecule has 9 heterocycles. The number of hydrogen-bond acceptors (Lipinski definition) is 14. The maximum absolute atomic E-state index is 13.7. The molecule has 21 nitrogen and oxygen atoms in total. The Hall–Kier alpha value is -10.6. The van der Waals surface area contributed by atoms with E-state index in [0.29, 0.717) is 45.2 Å². The maximum Gasteiger partial charge on any atom is 0.410 e. The van der Waals surface area contributed by atoms with E-state index in [4.69, 9.17) is 43.6 Å². The Morgan fingerprint density at radius 1 is 0.486 bits per heavy atom. The number of amides is 5. The fraction of sp³-hybridized carbons (Fsp3) is 0.417. The third-order valence-electron chi connectivity index (χ3n) is 22.0. The van der Waals surface area contributed by atoms with Gasteiger partial charge in [0.05, 0.1) is 67.5 Å². The second kappa shape index (κ2) is 29.2. The molecule has 2 aromatic heterocycles. The standard InChI is InChI=1S/C46H53N7O7.C38H40N4O3/c1-25(2)40(50-45(56)58-5)43(54)52-17-7-9-37(52)35-21-30-19-27(13-16-34(30)48-35)28-11-15-33-32-14-12-29(20-31(32)24-60-39(33)22-28)36-23-47-42(49-36)38-10-8-18-53(38)44(55)41(26(3)4)51-46(57)59-6;1-38(2,3)45-37(43)42-16-6-9-34(42)32-19-27-17-24(12-15-31(27)40-32)25-10-14-30-29-13-11-26(18-28(29)22-44-35(30)20-25)33-21-39-36(41-33)23-7-4-5-8-23/h11-16,19-20,22-23,25-26,37-38,40-41H,7-10,17-18,21,24H2,1-6H3,(H,47,49)(H,50,56)(H,51,57);10-15,17-18,20-21,23,34H,4-9,16,19,22H2,1-3H3,(H,39,41)/t37-,38-,40-,41-;34-/m00/s1. The van der Waals surface area contributed by atoms with Crippen LogP contribution in [0, 0.1) is 11.8 Å². The van der Waals surface area contributed by atoms with Gasteiger partial charge in [-0.2, -0.15) is 0 Å². The Labute approximate surface area is 613 Å². The Bertz CT molecular complexity index is 4770. The van der Waals surface area contributed by atoms with Crippen LogP contribution in [0.1, 0.15) is 159 Å². The van der Waals surface area contributed by atoms with Gasteiger partial charge in [-0.05, 0) is 199 Å². The van der Waals surface area contributed by atoms with Gasteiger partial charge in [0.2, 0.25) is 11.8 Å². The first-order valence-corrected chi connectivity index (χ1v) is 37.3. The number of hydrogen-bond donors (Lipinski definition) is 4. The number of nitrogens with one attached hydrogen (secondary N) is 4. The fourth-order valence-electron chi connectivity index (χ4n) is 16.5. The van der Waals surface area contributed by atoms with Gasteiger partial charge in [-0.3, -0.25) is 24.5 Å². The van der Waals surface area contributed by atoms with Gasteiger partial charge in [-0.15, -0.1) is 0 Å². The smallest absolute Gasteiger partial charge is 0.410 e. The van der Waals surface area contributed by atoms with Crippen LogP contribution >= 0.6 is 0 Å². The van der Waals surface area contributed by atoms with Crippen molar-refractivity contribution in [2.45, 2.75) is 180 Å². The molecule has 0 radical (unpaired) electrons. The number of carbonyl (C=O) groups excluding carboxylic acids is 5. The van der Waals surface area contributed by atoms with Crippen LogP contribution in [0.2, 0.25) is 0 Å². The summed E-state index contributed by atoms with van der Waals surface area (Å²) in [7, 11) is 2.59. The first-order chi connectivity index (χ1) is 50.7. The van der Waals surface area contributed by atoms with Crippen LogP contribution in [0.15, 0.2) is 132 Å². The molecule has 21 heteroatoms. The van der Waals surface area contributed by atoms with Gasteiger partial charge in [0.1, 0.15) is 54.0 Å². The molecule has 4 N–H and O–H groups in total. The zero-order chi connectivity index (χ0) is 72.9. The lowest BCUT2D eigenvalue weighted by molar-refractivity contribution is -0.135. The molecule has 8 aromatic rings. The summed E-state index contributed by atoms with van der Waals surface area (Å²) in [5.41, 5.74) is 20.9. The molecule has 5 amide bonds. The number of methoxy groups -OCH3 is 2. The third-order valence-corrected chi connectivity index (χ3v) is 22.0. The van der Waals surface area contributed by atoms with E-state index < -0.39 is 29.9 Å². The van der Waals surface area contributed by atoms with Crippen LogP contribution in [0.4, 0.5) is 25.8 Å². The Morgan fingerprint density at radius 2 is 0.895 bits per heavy atom. The quantitative estimate of drug-likeness (QED) is 0.0743. The van der Waals surface area contributed by atoms with Gasteiger partial charge in [0.25, 0.3) is 0 Å². The van der Waals surface area contributed by atoms with Crippen molar-refractivity contribution in [1.82, 2.24) is 45.3 Å². The molecule has 4 fully saturated rings. The van der Waals surface area contributed by atoms with Crippen LogP contribution in [-0.2, 0) is 49.9 Å². The highest BCUT2D eigenvalue weighted by Crippen LogP contribution is 2.46. The maximum atomic E-state index is 13.7. The molecule has 0 bridgehead atoms. The fourth-order valence-corrected chi connectivity index (χ4v) is 16.5. The van der Waals surface area contributed by atoms with Crippen LogP contribution < -0.4 is 20.1 Å². The molecule has 0 unspecified atom stereocenters. The average Bonchev–Trinajstić information content (AvgIpc) is 1.67. The first kappa shape index (κ1) is 70.1. The Kier molecular flexibility index (Phi) is 19.5. The van der Waals surface area contributed by atoms with Gasteiger partial charge in [-0.1, -0.05) is 101 Å². The summed E-state index contributed by atoms with van der Waals surface area (Å²) >= 11 is 0. The normalized spacial score (nSPS) is 19.0. The van der Waals surface area contributed by atoms with Crippen LogP contribution in [0.3, 0.4) is 0 Å². The predicted octanol–water partition coefficient (Wildman–Crippen LogP) is 16.3. The highest BCUT2D eigenvalue weighted by Gasteiger charge is 2.42. The van der Waals surface area contributed by atoms with E-state index in [0.717, 1.165) is 163 Å². The lowest BCUT2D eigenvalue weighted by atomic mass is 9.92. The molecule has 5 atom stereocenters. The number of fused-ring (bicyclic) bond motifs is 8. The van der Waals surface area contributed by atoms with Gasteiger partial charge in [0.15, 0.2) is 0 Å². The molecule has 105 heavy (non-hydrogen) atoms. The van der Waals surface area contributed by atoms with Crippen molar-refractivity contribution in [3.63, 3.8) is 0 Å². The number of aromatic amines is 2. The summed E-state index contributed by atoms with van der Waals surface area (Å²) in [6, 6.07) is 37.0. The van der Waals surface area contributed by atoms with Crippen LogP contribution in [0.25, 0.3) is 67.0 Å². The number of likely N-dealkylation sites (tertiary alicyclic amines) is 3. The minimum Gasteiger partial charge on any atom is -0.488 e. The first-order valence-electron chi connectivity index (χ1n) is 37.3. The molecule has 0 spiro atoms. The zero-order valence-corrected chi connectivity index (χ0v) is 61.4. The van der Waals surface area contributed by atoms with E-state index in [9.17, 15) is 24.0 Å². The van der Waals surface area contributed by atoms with Crippen molar-refractivity contribution >= 4 is 52.9 Å². The van der Waals surface area contributed by atoms with Gasteiger partial charge in [0, 0.05) is 60.9 Å². The molecule has 1 aliphatic carbocycles. The second-order valence-corrected chi connectivity index (χ2v) is 30.8. The molecular weight excluding hydrogens is 1320 g/mol. The number of alkyl carbamates (subject to hydrolysis) is 2. The Balaban J connectivity index is 0.000000175. The van der Waals surface area contributed by atoms with Crippen molar-refractivity contribution in [2.75, 3.05) is 33.9 Å². The molecule has 3 saturated heterocycles. The number of ether oxygens (including phenoxy) is 5. The summed E-state index contributed by atoms with van der Waals surface area (Å²) in [4.78, 5) is 96.3. The number of carbonyl (C=O) groups is 5. The zero-order valence-electron chi connectivity index (χ0n) is 61.4. The topological polar surface area (TPSA) is 247 Å². The van der Waals surface area contributed by atoms with Gasteiger partial charge < -0.3 is 54.1 Å². The highest BCUT2D eigenvalue weighted by molar-refractivity contribution is 6.02.